The molecule has 1 aromatic heterocycles. The molecule has 0 saturated heterocycles. The van der Waals surface area contributed by atoms with E-state index in [1.165, 1.54) is 0 Å². The number of benzene rings is 3. The molecule has 0 atom stereocenters. The molecule has 186 valence electrons. The molecule has 0 unspecified atom stereocenters. The number of halogens is 1. The lowest BCUT2D eigenvalue weighted by molar-refractivity contribution is 0.102. The van der Waals surface area contributed by atoms with Crippen LogP contribution in [0.2, 0.25) is 0 Å². The van der Waals surface area contributed by atoms with Crippen LogP contribution < -0.4 is 19.5 Å². The number of rotatable bonds is 10. The van der Waals surface area contributed by atoms with Gasteiger partial charge < -0.3 is 19.5 Å². The number of hydrogen-bond acceptors (Lipinski definition) is 6. The van der Waals surface area contributed by atoms with E-state index in [1.54, 1.807) is 23.0 Å². The molecular formula is C27H27BrN4O4. The third-order valence-corrected chi connectivity index (χ3v) is 5.76. The number of carbonyl (C=O) groups excluding carboxylic acids is 1. The zero-order chi connectivity index (χ0) is 25.5. The molecule has 8 nitrogen and oxygen atoms in total. The van der Waals surface area contributed by atoms with Gasteiger partial charge in [0.25, 0.3) is 5.91 Å². The highest BCUT2D eigenvalue weighted by molar-refractivity contribution is 9.10. The summed E-state index contributed by atoms with van der Waals surface area (Å²) in [4.78, 5) is 13.1. The van der Waals surface area contributed by atoms with E-state index in [-0.39, 0.29) is 5.91 Å². The fourth-order valence-electron chi connectivity index (χ4n) is 3.65. The van der Waals surface area contributed by atoms with E-state index >= 15 is 0 Å². The number of carbonyl (C=O) groups is 1. The first-order valence-electron chi connectivity index (χ1n) is 11.7. The van der Waals surface area contributed by atoms with Gasteiger partial charge in [-0.05, 0) is 69.3 Å². The van der Waals surface area contributed by atoms with Gasteiger partial charge in [-0.2, -0.15) is 0 Å². The summed E-state index contributed by atoms with van der Waals surface area (Å²) in [5.74, 6) is 1.15. The van der Waals surface area contributed by atoms with Crippen LogP contribution in [-0.2, 0) is 0 Å². The first-order valence-corrected chi connectivity index (χ1v) is 12.5. The molecule has 1 N–H and O–H groups in total. The van der Waals surface area contributed by atoms with Crippen LogP contribution in [0.4, 0.5) is 5.69 Å². The smallest absolute Gasteiger partial charge is 0.255 e. The molecule has 0 spiro atoms. The molecule has 0 saturated carbocycles. The second kappa shape index (κ2) is 11.7. The van der Waals surface area contributed by atoms with Gasteiger partial charge in [0, 0.05) is 21.3 Å². The maximum atomic E-state index is 13.1. The van der Waals surface area contributed by atoms with Crippen molar-refractivity contribution in [2.45, 2.75) is 20.8 Å². The Morgan fingerprint density at radius 2 is 1.50 bits per heavy atom. The molecule has 36 heavy (non-hydrogen) atoms. The summed E-state index contributed by atoms with van der Waals surface area (Å²) >= 11 is 3.46. The molecule has 0 bridgehead atoms. The third-order valence-electron chi connectivity index (χ3n) is 5.23. The lowest BCUT2D eigenvalue weighted by atomic mass is 10.1. The largest absolute Gasteiger partial charge is 0.490 e. The zero-order valence-corrected chi connectivity index (χ0v) is 21.9. The van der Waals surface area contributed by atoms with Gasteiger partial charge in [0.15, 0.2) is 11.5 Å². The minimum absolute atomic E-state index is 0.288. The maximum absolute atomic E-state index is 13.1. The van der Waals surface area contributed by atoms with Crippen LogP contribution >= 0.6 is 15.9 Å². The van der Waals surface area contributed by atoms with Gasteiger partial charge in [0.2, 0.25) is 5.75 Å². The molecule has 0 aliphatic carbocycles. The molecule has 0 aliphatic heterocycles. The number of amides is 1. The molecular weight excluding hydrogens is 524 g/mol. The number of nitrogens with one attached hydrogen (secondary N) is 1. The Kier molecular flexibility index (Phi) is 8.22. The average Bonchev–Trinajstić information content (AvgIpc) is 3.37. The monoisotopic (exact) mass is 550 g/mol. The van der Waals surface area contributed by atoms with Crippen molar-refractivity contribution < 1.29 is 19.0 Å². The molecule has 0 fully saturated rings. The molecule has 1 heterocycles. The van der Waals surface area contributed by atoms with E-state index in [2.05, 4.69) is 31.6 Å². The van der Waals surface area contributed by atoms with E-state index in [1.807, 2.05) is 69.3 Å². The van der Waals surface area contributed by atoms with Crippen molar-refractivity contribution in [2.75, 3.05) is 25.1 Å². The van der Waals surface area contributed by atoms with E-state index in [0.29, 0.717) is 48.3 Å². The Morgan fingerprint density at radius 3 is 2.08 bits per heavy atom. The van der Waals surface area contributed by atoms with Gasteiger partial charge >= 0.3 is 0 Å². The topological polar surface area (TPSA) is 87.5 Å². The predicted octanol–water partition coefficient (Wildman–Crippen LogP) is 6.15. The van der Waals surface area contributed by atoms with Gasteiger partial charge in [-0.3, -0.25) is 4.79 Å². The molecule has 0 aliphatic rings. The van der Waals surface area contributed by atoms with E-state index < -0.39 is 0 Å². The van der Waals surface area contributed by atoms with Gasteiger partial charge in [-0.1, -0.05) is 33.3 Å². The first kappa shape index (κ1) is 25.2. The number of anilines is 1. The highest BCUT2D eigenvalue weighted by atomic mass is 79.9. The summed E-state index contributed by atoms with van der Waals surface area (Å²) in [6, 6.07) is 18.7. The zero-order valence-electron chi connectivity index (χ0n) is 20.3. The fourth-order valence-corrected chi connectivity index (χ4v) is 3.92. The summed E-state index contributed by atoms with van der Waals surface area (Å²) in [5.41, 5.74) is 3.72. The van der Waals surface area contributed by atoms with Gasteiger partial charge in [-0.25, -0.2) is 4.68 Å². The lowest BCUT2D eigenvalue weighted by Crippen LogP contribution is -2.13. The standard InChI is InChI=1S/C27H27BrN4O4/c1-4-34-24-15-19(16-25(35-5-2)26(24)36-6-3)27(33)30-21-11-13-22(14-12-21)32-23(17-29-31-32)18-7-9-20(28)10-8-18/h7-17H,4-6H2,1-3H3,(H,30,33). The molecule has 0 radical (unpaired) electrons. The highest BCUT2D eigenvalue weighted by Gasteiger charge is 2.19. The quantitative estimate of drug-likeness (QED) is 0.255. The third kappa shape index (κ3) is 5.68. The van der Waals surface area contributed by atoms with Crippen LogP contribution in [0.3, 0.4) is 0 Å². The van der Waals surface area contributed by atoms with Crippen molar-refractivity contribution >= 4 is 27.5 Å². The van der Waals surface area contributed by atoms with Crippen LogP contribution in [0.25, 0.3) is 16.9 Å². The number of aromatic nitrogens is 3. The van der Waals surface area contributed by atoms with Crippen molar-refractivity contribution in [1.29, 1.82) is 0 Å². The summed E-state index contributed by atoms with van der Waals surface area (Å²) in [7, 11) is 0. The van der Waals surface area contributed by atoms with Crippen molar-refractivity contribution in [3.8, 4) is 34.2 Å². The fraction of sp³-hybridized carbons (Fsp3) is 0.222. The van der Waals surface area contributed by atoms with Crippen LogP contribution in [0.5, 0.6) is 17.2 Å². The van der Waals surface area contributed by atoms with Crippen LogP contribution in [0, 0.1) is 0 Å². The SMILES string of the molecule is CCOc1cc(C(=O)Nc2ccc(-n3nncc3-c3ccc(Br)cc3)cc2)cc(OCC)c1OCC. The van der Waals surface area contributed by atoms with Gasteiger partial charge in [-0.15, -0.1) is 5.10 Å². The predicted molar refractivity (Wildman–Crippen MR) is 142 cm³/mol. The van der Waals surface area contributed by atoms with Crippen molar-refractivity contribution in [2.24, 2.45) is 0 Å². The maximum Gasteiger partial charge on any atom is 0.255 e. The number of nitrogens with zero attached hydrogens (tertiary/aromatic N) is 3. The van der Waals surface area contributed by atoms with Crippen molar-refractivity contribution in [1.82, 2.24) is 15.0 Å². The Labute approximate surface area is 218 Å². The highest BCUT2D eigenvalue weighted by Crippen LogP contribution is 2.39. The molecule has 1 amide bonds. The summed E-state index contributed by atoms with van der Waals surface area (Å²) in [6.45, 7) is 6.96. The second-order valence-corrected chi connectivity index (χ2v) is 8.56. The Hall–Kier alpha value is -3.85. The minimum atomic E-state index is -0.288. The lowest BCUT2D eigenvalue weighted by Gasteiger charge is -2.17. The first-order chi connectivity index (χ1) is 17.5. The molecule has 9 heteroatoms. The number of hydrogen-bond donors (Lipinski definition) is 1. The van der Waals surface area contributed by atoms with Crippen LogP contribution in [0.1, 0.15) is 31.1 Å². The average molecular weight is 551 g/mol. The summed E-state index contributed by atoms with van der Waals surface area (Å²) < 4.78 is 19.9. The van der Waals surface area contributed by atoms with E-state index in [4.69, 9.17) is 14.2 Å². The Morgan fingerprint density at radius 1 is 0.889 bits per heavy atom. The minimum Gasteiger partial charge on any atom is -0.490 e. The van der Waals surface area contributed by atoms with Crippen LogP contribution in [-0.4, -0.2) is 40.7 Å². The van der Waals surface area contributed by atoms with E-state index in [0.717, 1.165) is 21.4 Å². The molecule has 4 aromatic rings. The normalized spacial score (nSPS) is 10.7. The summed E-state index contributed by atoms with van der Waals surface area (Å²) in [6.07, 6.45) is 1.72. The van der Waals surface area contributed by atoms with Crippen molar-refractivity contribution in [3.05, 3.63) is 76.9 Å². The van der Waals surface area contributed by atoms with Gasteiger partial charge in [0.05, 0.1) is 37.4 Å². The molecule has 3 aromatic carbocycles. The van der Waals surface area contributed by atoms with Crippen molar-refractivity contribution in [3.63, 3.8) is 0 Å². The Bertz CT molecular complexity index is 1290. The van der Waals surface area contributed by atoms with E-state index in [9.17, 15) is 4.79 Å². The second-order valence-electron chi connectivity index (χ2n) is 7.64. The Balaban J connectivity index is 1.56. The number of ether oxygens (including phenoxy) is 3. The molecule has 4 rings (SSSR count). The van der Waals surface area contributed by atoms with Gasteiger partial charge in [0.1, 0.15) is 0 Å². The summed E-state index contributed by atoms with van der Waals surface area (Å²) in [5, 5.41) is 11.2. The van der Waals surface area contributed by atoms with Crippen LogP contribution in [0.15, 0.2) is 71.3 Å².